The van der Waals surface area contributed by atoms with Crippen LogP contribution < -0.4 is 5.32 Å². The molecule has 3 rings (SSSR count). The van der Waals surface area contributed by atoms with E-state index in [9.17, 15) is 4.79 Å². The van der Waals surface area contributed by atoms with Crippen molar-refractivity contribution in [3.63, 3.8) is 0 Å². The third-order valence-corrected chi connectivity index (χ3v) is 4.73. The van der Waals surface area contributed by atoms with Crippen LogP contribution in [-0.2, 0) is 11.3 Å². The van der Waals surface area contributed by atoms with Crippen LogP contribution in [0.4, 0.5) is 0 Å². The van der Waals surface area contributed by atoms with E-state index < -0.39 is 0 Å². The van der Waals surface area contributed by atoms with Crippen molar-refractivity contribution in [2.45, 2.75) is 45.2 Å². The molecule has 2 aromatic heterocycles. The topological polar surface area (TPSA) is 63.1 Å². The molecule has 0 saturated carbocycles. The number of imidazole rings is 1. The average Bonchev–Trinajstić information content (AvgIpc) is 3.31. The summed E-state index contributed by atoms with van der Waals surface area (Å²) in [6.45, 7) is 7.36. The summed E-state index contributed by atoms with van der Waals surface area (Å²) in [6, 6.07) is 5.83. The molecule has 1 N–H and O–H groups in total. The zero-order valence-electron chi connectivity index (χ0n) is 15.1. The van der Waals surface area contributed by atoms with Gasteiger partial charge in [0.05, 0.1) is 18.6 Å². The summed E-state index contributed by atoms with van der Waals surface area (Å²) in [5, 5.41) is 3.41. The van der Waals surface area contributed by atoms with E-state index >= 15 is 0 Å². The fourth-order valence-electron chi connectivity index (χ4n) is 3.02. The number of amides is 1. The summed E-state index contributed by atoms with van der Waals surface area (Å²) in [5.74, 6) is 0.214. The Morgan fingerprint density at radius 1 is 1.20 bits per heavy atom. The minimum absolute atomic E-state index is 0.106. The maximum atomic E-state index is 12.2. The second kappa shape index (κ2) is 7.78. The highest BCUT2D eigenvalue weighted by Gasteiger charge is 2.22. The van der Waals surface area contributed by atoms with Gasteiger partial charge < -0.3 is 14.8 Å². The van der Waals surface area contributed by atoms with E-state index in [-0.39, 0.29) is 11.4 Å². The first-order valence-electron chi connectivity index (χ1n) is 8.99. The number of aromatic nitrogens is 3. The summed E-state index contributed by atoms with van der Waals surface area (Å²) >= 11 is 0. The highest BCUT2D eigenvalue weighted by Crippen LogP contribution is 2.15. The zero-order valence-corrected chi connectivity index (χ0v) is 15.1. The molecule has 2 aromatic rings. The summed E-state index contributed by atoms with van der Waals surface area (Å²) in [5.41, 5.74) is 1.66. The number of nitrogens with one attached hydrogen (secondary N) is 1. The number of hydrogen-bond acceptors (Lipinski definition) is 4. The lowest BCUT2D eigenvalue weighted by Crippen LogP contribution is -2.46. The Hall–Kier alpha value is -2.21. The predicted octanol–water partition coefficient (Wildman–Crippen LogP) is 2.33. The van der Waals surface area contributed by atoms with E-state index in [0.29, 0.717) is 6.54 Å². The van der Waals surface area contributed by atoms with Gasteiger partial charge in [0.25, 0.3) is 0 Å². The molecule has 3 heterocycles. The number of hydrogen-bond donors (Lipinski definition) is 1. The van der Waals surface area contributed by atoms with Crippen molar-refractivity contribution in [3.05, 3.63) is 36.9 Å². The van der Waals surface area contributed by atoms with Gasteiger partial charge in [-0.25, -0.2) is 4.98 Å². The second-order valence-corrected chi connectivity index (χ2v) is 7.29. The van der Waals surface area contributed by atoms with Gasteiger partial charge in [-0.05, 0) is 45.2 Å². The maximum Gasteiger partial charge on any atom is 0.236 e. The van der Waals surface area contributed by atoms with Crippen LogP contribution in [0.15, 0.2) is 36.9 Å². The van der Waals surface area contributed by atoms with Gasteiger partial charge in [-0.2, -0.15) is 0 Å². The Morgan fingerprint density at radius 2 is 2.00 bits per heavy atom. The normalized spacial score (nSPS) is 14.9. The quantitative estimate of drug-likeness (QED) is 0.839. The average molecular weight is 341 g/mol. The monoisotopic (exact) mass is 341 g/mol. The lowest BCUT2D eigenvalue weighted by Gasteiger charge is -2.27. The van der Waals surface area contributed by atoms with Crippen LogP contribution in [0.5, 0.6) is 0 Å². The smallest absolute Gasteiger partial charge is 0.236 e. The Kier molecular flexibility index (Phi) is 5.48. The molecular weight excluding hydrogens is 314 g/mol. The van der Waals surface area contributed by atoms with E-state index in [1.54, 1.807) is 6.20 Å². The van der Waals surface area contributed by atoms with Crippen LogP contribution in [0.2, 0.25) is 0 Å². The number of carbonyl (C=O) groups is 1. The van der Waals surface area contributed by atoms with Gasteiger partial charge in [0.2, 0.25) is 5.91 Å². The van der Waals surface area contributed by atoms with Crippen molar-refractivity contribution in [3.8, 4) is 11.4 Å². The van der Waals surface area contributed by atoms with Gasteiger partial charge >= 0.3 is 0 Å². The van der Waals surface area contributed by atoms with Crippen LogP contribution in [-0.4, -0.2) is 50.5 Å². The first kappa shape index (κ1) is 17.6. The molecule has 1 amide bonds. The van der Waals surface area contributed by atoms with Crippen molar-refractivity contribution in [1.82, 2.24) is 24.8 Å². The Morgan fingerprint density at radius 3 is 2.72 bits per heavy atom. The predicted molar refractivity (Wildman–Crippen MR) is 98.0 cm³/mol. The summed E-state index contributed by atoms with van der Waals surface area (Å²) in [6.07, 6.45) is 8.82. The largest absolute Gasteiger partial charge is 0.342 e. The van der Waals surface area contributed by atoms with Crippen LogP contribution in [0, 0.1) is 0 Å². The molecule has 0 spiro atoms. The first-order valence-corrected chi connectivity index (χ1v) is 8.99. The number of nitrogens with zero attached hydrogens (tertiary/aromatic N) is 4. The lowest BCUT2D eigenvalue weighted by atomic mass is 10.0. The molecule has 0 aromatic carbocycles. The molecule has 6 nitrogen and oxygen atoms in total. The van der Waals surface area contributed by atoms with Crippen LogP contribution in [0.1, 0.15) is 33.1 Å². The molecular formula is C19H27N5O. The highest BCUT2D eigenvalue weighted by molar-refractivity contribution is 5.78. The summed E-state index contributed by atoms with van der Waals surface area (Å²) in [7, 11) is 0. The maximum absolute atomic E-state index is 12.2. The molecule has 1 fully saturated rings. The van der Waals surface area contributed by atoms with Crippen LogP contribution >= 0.6 is 0 Å². The van der Waals surface area contributed by atoms with E-state index in [0.717, 1.165) is 50.3 Å². The standard InChI is InChI=1S/C19H27N5O/c1-19(2,22-13-18(25)24-10-5-6-11-24)8-12-23-14-17(21-15-23)16-7-3-4-9-20-16/h3-4,7,9,14-15,22H,5-6,8,10-13H2,1-2H3. The van der Waals surface area contributed by atoms with E-state index in [4.69, 9.17) is 0 Å². The van der Waals surface area contributed by atoms with Crippen molar-refractivity contribution >= 4 is 5.91 Å². The molecule has 0 aliphatic carbocycles. The summed E-state index contributed by atoms with van der Waals surface area (Å²) < 4.78 is 2.08. The van der Waals surface area contributed by atoms with E-state index in [2.05, 4.69) is 33.7 Å². The Labute approximate surface area is 149 Å². The molecule has 1 aliphatic heterocycles. The van der Waals surface area contributed by atoms with Crippen molar-refractivity contribution in [2.75, 3.05) is 19.6 Å². The number of carbonyl (C=O) groups excluding carboxylic acids is 1. The Bertz CT molecular complexity index is 689. The fraction of sp³-hybridized carbons (Fsp3) is 0.526. The SMILES string of the molecule is CC(C)(CCn1cnc(-c2ccccn2)c1)NCC(=O)N1CCCC1. The second-order valence-electron chi connectivity index (χ2n) is 7.29. The van der Waals surface area contributed by atoms with Crippen LogP contribution in [0.25, 0.3) is 11.4 Å². The van der Waals surface area contributed by atoms with Crippen molar-refractivity contribution in [1.29, 1.82) is 0 Å². The van der Waals surface area contributed by atoms with Gasteiger partial charge in [-0.1, -0.05) is 6.07 Å². The number of rotatable bonds is 7. The number of likely N-dealkylation sites (tertiary alicyclic amines) is 1. The lowest BCUT2D eigenvalue weighted by molar-refractivity contribution is -0.129. The van der Waals surface area contributed by atoms with Gasteiger partial charge in [0, 0.05) is 37.6 Å². The van der Waals surface area contributed by atoms with Gasteiger partial charge in [0.15, 0.2) is 0 Å². The van der Waals surface area contributed by atoms with Crippen molar-refractivity contribution < 1.29 is 4.79 Å². The summed E-state index contributed by atoms with van der Waals surface area (Å²) in [4.78, 5) is 22.9. The molecule has 1 aliphatic rings. The first-order chi connectivity index (χ1) is 12.0. The third-order valence-electron chi connectivity index (χ3n) is 4.73. The van der Waals surface area contributed by atoms with E-state index in [1.807, 2.05) is 35.6 Å². The molecule has 0 bridgehead atoms. The molecule has 1 saturated heterocycles. The van der Waals surface area contributed by atoms with Crippen LogP contribution in [0.3, 0.4) is 0 Å². The minimum Gasteiger partial charge on any atom is -0.342 e. The highest BCUT2D eigenvalue weighted by atomic mass is 16.2. The minimum atomic E-state index is -0.106. The molecule has 0 radical (unpaired) electrons. The van der Waals surface area contributed by atoms with Crippen molar-refractivity contribution in [2.24, 2.45) is 0 Å². The fourth-order valence-corrected chi connectivity index (χ4v) is 3.02. The van der Waals surface area contributed by atoms with Gasteiger partial charge in [0.1, 0.15) is 5.69 Å². The molecule has 0 atom stereocenters. The van der Waals surface area contributed by atoms with Gasteiger partial charge in [-0.3, -0.25) is 9.78 Å². The molecule has 134 valence electrons. The molecule has 0 unspecified atom stereocenters. The Balaban J connectivity index is 1.48. The number of pyridine rings is 1. The zero-order chi connectivity index (χ0) is 17.7. The number of aryl methyl sites for hydroxylation is 1. The molecule has 6 heteroatoms. The van der Waals surface area contributed by atoms with Gasteiger partial charge in [-0.15, -0.1) is 0 Å². The molecule has 25 heavy (non-hydrogen) atoms. The van der Waals surface area contributed by atoms with E-state index in [1.165, 1.54) is 0 Å². The third kappa shape index (κ3) is 4.89.